The normalized spacial score (nSPS) is 23.5. The van der Waals surface area contributed by atoms with Crippen molar-refractivity contribution in [3.63, 3.8) is 0 Å². The van der Waals surface area contributed by atoms with E-state index in [0.717, 1.165) is 30.0 Å². The van der Waals surface area contributed by atoms with Gasteiger partial charge in [0.1, 0.15) is 0 Å². The number of aromatic amines is 1. The molecule has 4 heteroatoms. The van der Waals surface area contributed by atoms with E-state index in [9.17, 15) is 4.79 Å². The second kappa shape index (κ2) is 5.10. The Morgan fingerprint density at radius 3 is 2.74 bits per heavy atom. The van der Waals surface area contributed by atoms with Crippen LogP contribution in [0.5, 0.6) is 0 Å². The van der Waals surface area contributed by atoms with Gasteiger partial charge in [0.2, 0.25) is 0 Å². The first-order chi connectivity index (χ1) is 8.77. The van der Waals surface area contributed by atoms with Crippen LogP contribution in [0.4, 0.5) is 0 Å². The van der Waals surface area contributed by atoms with Crippen molar-refractivity contribution in [3.8, 4) is 0 Å². The lowest BCUT2D eigenvalue weighted by Gasteiger charge is -2.41. The lowest BCUT2D eigenvalue weighted by atomic mass is 10.0. The van der Waals surface area contributed by atoms with Crippen LogP contribution >= 0.6 is 0 Å². The van der Waals surface area contributed by atoms with Crippen molar-refractivity contribution in [1.29, 1.82) is 0 Å². The molecule has 1 aliphatic rings. The summed E-state index contributed by atoms with van der Waals surface area (Å²) < 4.78 is 5.86. The number of ketones is 1. The Labute approximate surface area is 115 Å². The quantitative estimate of drug-likeness (QED) is 0.852. The van der Waals surface area contributed by atoms with Gasteiger partial charge in [0, 0.05) is 30.0 Å². The summed E-state index contributed by atoms with van der Waals surface area (Å²) in [5.74, 6) is 0.187. The van der Waals surface area contributed by atoms with Gasteiger partial charge in [0.15, 0.2) is 5.78 Å². The highest BCUT2D eigenvalue weighted by atomic mass is 16.5. The number of H-pyrrole nitrogens is 1. The summed E-state index contributed by atoms with van der Waals surface area (Å²) in [6.45, 7) is 12.2. The topological polar surface area (TPSA) is 45.3 Å². The fourth-order valence-corrected chi connectivity index (χ4v) is 3.01. The number of nitrogens with zero attached hydrogens (tertiary/aromatic N) is 1. The zero-order chi connectivity index (χ0) is 14.2. The van der Waals surface area contributed by atoms with E-state index >= 15 is 0 Å². The van der Waals surface area contributed by atoms with Crippen molar-refractivity contribution in [3.05, 3.63) is 23.0 Å². The molecule has 0 bridgehead atoms. The van der Waals surface area contributed by atoms with Gasteiger partial charge in [-0.05, 0) is 40.7 Å². The Kier molecular flexibility index (Phi) is 3.83. The van der Waals surface area contributed by atoms with Gasteiger partial charge in [-0.25, -0.2) is 0 Å². The van der Waals surface area contributed by atoms with Crippen LogP contribution in [-0.2, 0) is 4.74 Å². The number of ether oxygens (including phenoxy) is 1. The van der Waals surface area contributed by atoms with Crippen LogP contribution in [0.3, 0.4) is 0 Å². The van der Waals surface area contributed by atoms with Crippen LogP contribution < -0.4 is 0 Å². The molecule has 0 radical (unpaired) electrons. The molecule has 1 unspecified atom stereocenters. The van der Waals surface area contributed by atoms with E-state index in [2.05, 4.69) is 30.7 Å². The summed E-state index contributed by atoms with van der Waals surface area (Å²) in [7, 11) is 0. The summed E-state index contributed by atoms with van der Waals surface area (Å²) in [4.78, 5) is 17.7. The predicted molar refractivity (Wildman–Crippen MR) is 75.7 cm³/mol. The SMILES string of the molecule is Cc1cc(C(=O)CN2CC(C)OC(C)(C)C2)c(C)[nH]1. The van der Waals surface area contributed by atoms with Gasteiger partial charge in [-0.3, -0.25) is 9.69 Å². The van der Waals surface area contributed by atoms with Gasteiger partial charge < -0.3 is 9.72 Å². The summed E-state index contributed by atoms with van der Waals surface area (Å²) in [5.41, 5.74) is 2.63. The van der Waals surface area contributed by atoms with Crippen molar-refractivity contribution in [2.45, 2.75) is 46.3 Å². The second-order valence-electron chi connectivity index (χ2n) is 6.27. The number of hydrogen-bond acceptors (Lipinski definition) is 3. The number of aryl methyl sites for hydroxylation is 2. The first-order valence-electron chi connectivity index (χ1n) is 6.86. The predicted octanol–water partition coefficient (Wildman–Crippen LogP) is 2.31. The molecule has 1 aromatic rings. The molecule has 0 spiro atoms. The molecule has 0 aliphatic carbocycles. The zero-order valence-electron chi connectivity index (χ0n) is 12.5. The van der Waals surface area contributed by atoms with Crippen molar-refractivity contribution in [2.75, 3.05) is 19.6 Å². The summed E-state index contributed by atoms with van der Waals surface area (Å²) >= 11 is 0. The third kappa shape index (κ3) is 3.45. The second-order valence-corrected chi connectivity index (χ2v) is 6.27. The first-order valence-corrected chi connectivity index (χ1v) is 6.86. The molecule has 1 aromatic heterocycles. The molecule has 1 aliphatic heterocycles. The fraction of sp³-hybridized carbons (Fsp3) is 0.667. The molecule has 4 nitrogen and oxygen atoms in total. The van der Waals surface area contributed by atoms with Gasteiger partial charge in [0.05, 0.1) is 18.2 Å². The fourth-order valence-electron chi connectivity index (χ4n) is 3.01. The molecule has 2 heterocycles. The third-order valence-corrected chi connectivity index (χ3v) is 3.46. The average molecular weight is 264 g/mol. The Bertz CT molecular complexity index is 476. The van der Waals surface area contributed by atoms with Gasteiger partial charge >= 0.3 is 0 Å². The summed E-state index contributed by atoms with van der Waals surface area (Å²) in [5, 5.41) is 0. The highest BCUT2D eigenvalue weighted by Crippen LogP contribution is 2.21. The Balaban J connectivity index is 2.05. The number of morpholine rings is 1. The van der Waals surface area contributed by atoms with E-state index in [-0.39, 0.29) is 17.5 Å². The maximum absolute atomic E-state index is 12.4. The molecule has 2 rings (SSSR count). The molecule has 1 saturated heterocycles. The molecule has 19 heavy (non-hydrogen) atoms. The van der Waals surface area contributed by atoms with E-state index in [4.69, 9.17) is 4.74 Å². The van der Waals surface area contributed by atoms with Crippen molar-refractivity contribution >= 4 is 5.78 Å². The maximum Gasteiger partial charge on any atom is 0.178 e. The van der Waals surface area contributed by atoms with E-state index < -0.39 is 0 Å². The minimum absolute atomic E-state index is 0.172. The van der Waals surface area contributed by atoms with Crippen LogP contribution in [0.2, 0.25) is 0 Å². The number of hydrogen-bond donors (Lipinski definition) is 1. The highest BCUT2D eigenvalue weighted by molar-refractivity contribution is 5.98. The van der Waals surface area contributed by atoms with Crippen LogP contribution in [0.1, 0.15) is 42.5 Å². The molecule has 1 fully saturated rings. The van der Waals surface area contributed by atoms with Crippen LogP contribution in [0, 0.1) is 13.8 Å². The van der Waals surface area contributed by atoms with Gasteiger partial charge in [-0.15, -0.1) is 0 Å². The van der Waals surface area contributed by atoms with Crippen LogP contribution in [-0.4, -0.2) is 47.0 Å². The minimum atomic E-state index is -0.180. The standard InChI is InChI=1S/C15H24N2O2/c1-10-6-13(12(3)16-10)14(18)8-17-7-11(2)19-15(4,5)9-17/h6,11,16H,7-9H2,1-5H3. The Morgan fingerprint density at radius 2 is 2.21 bits per heavy atom. The van der Waals surface area contributed by atoms with Crippen LogP contribution in [0.25, 0.3) is 0 Å². The number of aromatic nitrogens is 1. The molecular formula is C15H24N2O2. The largest absolute Gasteiger partial charge is 0.370 e. The van der Waals surface area contributed by atoms with Gasteiger partial charge in [-0.1, -0.05) is 0 Å². The third-order valence-electron chi connectivity index (χ3n) is 3.46. The minimum Gasteiger partial charge on any atom is -0.370 e. The smallest absolute Gasteiger partial charge is 0.178 e. The van der Waals surface area contributed by atoms with Crippen molar-refractivity contribution in [2.24, 2.45) is 0 Å². The number of carbonyl (C=O) groups is 1. The molecule has 1 atom stereocenters. The van der Waals surface area contributed by atoms with Gasteiger partial charge in [0.25, 0.3) is 0 Å². The number of rotatable bonds is 3. The molecular weight excluding hydrogens is 240 g/mol. The van der Waals surface area contributed by atoms with Crippen molar-refractivity contribution in [1.82, 2.24) is 9.88 Å². The molecule has 0 aromatic carbocycles. The zero-order valence-corrected chi connectivity index (χ0v) is 12.5. The molecule has 106 valence electrons. The average Bonchev–Trinajstić information content (AvgIpc) is 2.54. The summed E-state index contributed by atoms with van der Waals surface area (Å²) in [6, 6.07) is 1.94. The number of carbonyl (C=O) groups excluding carboxylic acids is 1. The van der Waals surface area contributed by atoms with E-state index in [1.807, 2.05) is 19.9 Å². The number of nitrogens with one attached hydrogen (secondary N) is 1. The Hall–Kier alpha value is -1.13. The number of Topliss-reactive ketones (excluding diaryl/α,β-unsaturated/α-hetero) is 1. The van der Waals surface area contributed by atoms with Crippen LogP contribution in [0.15, 0.2) is 6.07 Å². The lowest BCUT2D eigenvalue weighted by molar-refractivity contribution is -0.126. The molecule has 0 saturated carbocycles. The summed E-state index contributed by atoms with van der Waals surface area (Å²) in [6.07, 6.45) is 0.172. The first kappa shape index (κ1) is 14.3. The highest BCUT2D eigenvalue weighted by Gasteiger charge is 2.32. The van der Waals surface area contributed by atoms with E-state index in [0.29, 0.717) is 6.54 Å². The van der Waals surface area contributed by atoms with Gasteiger partial charge in [-0.2, -0.15) is 0 Å². The molecule has 0 amide bonds. The maximum atomic E-state index is 12.4. The molecule has 1 N–H and O–H groups in total. The van der Waals surface area contributed by atoms with E-state index in [1.54, 1.807) is 0 Å². The van der Waals surface area contributed by atoms with E-state index in [1.165, 1.54) is 0 Å². The van der Waals surface area contributed by atoms with Crippen molar-refractivity contribution < 1.29 is 9.53 Å². The Morgan fingerprint density at radius 1 is 1.53 bits per heavy atom. The monoisotopic (exact) mass is 264 g/mol. The lowest BCUT2D eigenvalue weighted by Crippen LogP contribution is -2.53.